The number of halogens is 1. The molecular weight excluding hydrogens is 216 g/mol. The fourth-order valence-electron chi connectivity index (χ4n) is 0.896. The molecule has 0 atom stereocenters. The van der Waals surface area contributed by atoms with Gasteiger partial charge in [-0.3, -0.25) is 0 Å². The molecule has 1 aromatic rings. The lowest BCUT2D eigenvalue weighted by Gasteiger charge is -1.98. The summed E-state index contributed by atoms with van der Waals surface area (Å²) in [5, 5.41) is 0.888. The van der Waals surface area contributed by atoms with Gasteiger partial charge >= 0.3 is 0 Å². The molecule has 12 heavy (non-hydrogen) atoms. The minimum Gasteiger partial charge on any atom is -0.497 e. The van der Waals surface area contributed by atoms with Gasteiger partial charge in [-0.05, 0) is 17.7 Å². The van der Waals surface area contributed by atoms with Gasteiger partial charge in [0.15, 0.2) is 0 Å². The highest BCUT2D eigenvalue weighted by Crippen LogP contribution is 2.12. The van der Waals surface area contributed by atoms with Crippen LogP contribution in [0.1, 0.15) is 5.56 Å². The summed E-state index contributed by atoms with van der Waals surface area (Å²) < 4.78 is 5.04. The van der Waals surface area contributed by atoms with Crippen LogP contribution in [0.15, 0.2) is 30.3 Å². The topological polar surface area (TPSA) is 9.23 Å². The Labute approximate surface area is 81.2 Å². The molecule has 0 spiro atoms. The summed E-state index contributed by atoms with van der Waals surface area (Å²) in [6.07, 6.45) is 4.12. The molecule has 0 aliphatic carbocycles. The van der Waals surface area contributed by atoms with Gasteiger partial charge in [0.1, 0.15) is 5.75 Å². The van der Waals surface area contributed by atoms with Crippen LogP contribution in [0.2, 0.25) is 0 Å². The second-order valence-corrected chi connectivity index (χ2v) is 2.98. The van der Waals surface area contributed by atoms with E-state index >= 15 is 0 Å². The minimum absolute atomic E-state index is 0.888. The van der Waals surface area contributed by atoms with Crippen LogP contribution in [0.3, 0.4) is 0 Å². The Hall–Kier alpha value is -0.760. The quantitative estimate of drug-likeness (QED) is 0.721. The van der Waals surface area contributed by atoms with Crippen LogP contribution >= 0.6 is 15.9 Å². The Bertz CT molecular complexity index is 251. The number of hydrogen-bond acceptors (Lipinski definition) is 1. The van der Waals surface area contributed by atoms with Crippen molar-refractivity contribution in [3.8, 4) is 5.75 Å². The van der Waals surface area contributed by atoms with Crippen molar-refractivity contribution in [2.24, 2.45) is 0 Å². The monoisotopic (exact) mass is 226 g/mol. The normalized spacial score (nSPS) is 10.5. The van der Waals surface area contributed by atoms with Crippen LogP contribution in [0.5, 0.6) is 5.75 Å². The molecule has 0 saturated heterocycles. The van der Waals surface area contributed by atoms with Crippen LogP contribution in [0, 0.1) is 0 Å². The molecular formula is C10H11BrO. The summed E-state index contributed by atoms with van der Waals surface area (Å²) in [5.74, 6) is 0.894. The van der Waals surface area contributed by atoms with Crippen molar-refractivity contribution >= 4 is 22.0 Å². The van der Waals surface area contributed by atoms with E-state index in [0.717, 1.165) is 11.1 Å². The highest BCUT2D eigenvalue weighted by atomic mass is 79.9. The van der Waals surface area contributed by atoms with E-state index in [1.165, 1.54) is 5.56 Å². The van der Waals surface area contributed by atoms with Gasteiger partial charge in [0.25, 0.3) is 0 Å². The molecule has 0 unspecified atom stereocenters. The molecule has 0 N–H and O–H groups in total. The average Bonchev–Trinajstić information content (AvgIpc) is 2.15. The molecule has 0 saturated carbocycles. The Morgan fingerprint density at radius 3 is 2.50 bits per heavy atom. The van der Waals surface area contributed by atoms with Crippen LogP contribution in [0.25, 0.3) is 6.08 Å². The molecule has 0 aliphatic rings. The van der Waals surface area contributed by atoms with Crippen molar-refractivity contribution in [1.82, 2.24) is 0 Å². The summed E-state index contributed by atoms with van der Waals surface area (Å²) >= 11 is 3.32. The molecule has 1 rings (SSSR count). The highest BCUT2D eigenvalue weighted by Gasteiger charge is 1.88. The molecule has 1 aromatic carbocycles. The molecule has 0 fully saturated rings. The predicted molar refractivity (Wildman–Crippen MR) is 55.8 cm³/mol. The summed E-state index contributed by atoms with van der Waals surface area (Å²) in [7, 11) is 1.67. The Balaban J connectivity index is 2.71. The van der Waals surface area contributed by atoms with Crippen LogP contribution < -0.4 is 4.74 Å². The van der Waals surface area contributed by atoms with Crippen LogP contribution in [-0.2, 0) is 0 Å². The lowest BCUT2D eigenvalue weighted by atomic mass is 10.2. The number of hydrogen-bond donors (Lipinski definition) is 0. The molecule has 2 heteroatoms. The summed E-state index contributed by atoms with van der Waals surface area (Å²) in [6, 6.07) is 7.96. The van der Waals surface area contributed by atoms with E-state index in [1.807, 2.05) is 24.3 Å². The van der Waals surface area contributed by atoms with Crippen molar-refractivity contribution in [3.63, 3.8) is 0 Å². The summed E-state index contributed by atoms with van der Waals surface area (Å²) in [6.45, 7) is 0. The molecule has 0 radical (unpaired) electrons. The standard InChI is InChI=1S/C10H11BrO/c1-12-10-6-4-9(5-7-10)3-2-8-11/h2-7H,8H2,1H3/b3-2+. The lowest BCUT2D eigenvalue weighted by molar-refractivity contribution is 0.415. The number of methoxy groups -OCH3 is 1. The molecule has 1 nitrogen and oxygen atoms in total. The first-order chi connectivity index (χ1) is 5.86. The number of rotatable bonds is 3. The van der Waals surface area contributed by atoms with Crippen molar-refractivity contribution in [1.29, 1.82) is 0 Å². The second kappa shape index (κ2) is 4.99. The van der Waals surface area contributed by atoms with E-state index in [1.54, 1.807) is 7.11 Å². The Kier molecular flexibility index (Phi) is 3.88. The van der Waals surface area contributed by atoms with Crippen molar-refractivity contribution in [2.75, 3.05) is 12.4 Å². The Morgan fingerprint density at radius 1 is 1.33 bits per heavy atom. The fraction of sp³-hybridized carbons (Fsp3) is 0.200. The van der Waals surface area contributed by atoms with Gasteiger partial charge in [-0.15, -0.1) is 0 Å². The van der Waals surface area contributed by atoms with Crippen molar-refractivity contribution < 1.29 is 4.74 Å². The number of allylic oxidation sites excluding steroid dienone is 1. The van der Waals surface area contributed by atoms with Gasteiger partial charge in [0.05, 0.1) is 7.11 Å². The maximum Gasteiger partial charge on any atom is 0.118 e. The maximum atomic E-state index is 5.04. The van der Waals surface area contributed by atoms with Crippen molar-refractivity contribution in [2.45, 2.75) is 0 Å². The molecule has 0 heterocycles. The van der Waals surface area contributed by atoms with E-state index in [9.17, 15) is 0 Å². The highest BCUT2D eigenvalue weighted by molar-refractivity contribution is 9.09. The van der Waals surface area contributed by atoms with Crippen molar-refractivity contribution in [3.05, 3.63) is 35.9 Å². The third-order valence-corrected chi connectivity index (χ3v) is 1.89. The third kappa shape index (κ3) is 2.70. The number of ether oxygens (including phenoxy) is 1. The first-order valence-electron chi connectivity index (χ1n) is 3.73. The van der Waals surface area contributed by atoms with Crippen LogP contribution in [0.4, 0.5) is 0 Å². The molecule has 0 aliphatic heterocycles. The Morgan fingerprint density at radius 2 is 2.00 bits per heavy atom. The van der Waals surface area contributed by atoms with Crippen LogP contribution in [-0.4, -0.2) is 12.4 Å². The predicted octanol–water partition coefficient (Wildman–Crippen LogP) is 3.10. The van der Waals surface area contributed by atoms with E-state index in [0.29, 0.717) is 0 Å². The largest absolute Gasteiger partial charge is 0.497 e. The van der Waals surface area contributed by atoms with E-state index in [2.05, 4.69) is 28.1 Å². The van der Waals surface area contributed by atoms with Gasteiger partial charge in [-0.1, -0.05) is 40.2 Å². The number of benzene rings is 1. The second-order valence-electron chi connectivity index (χ2n) is 2.33. The summed E-state index contributed by atoms with van der Waals surface area (Å²) in [5.41, 5.74) is 1.19. The van der Waals surface area contributed by atoms with Gasteiger partial charge < -0.3 is 4.74 Å². The van der Waals surface area contributed by atoms with Gasteiger partial charge in [-0.25, -0.2) is 0 Å². The first kappa shape index (κ1) is 9.33. The van der Waals surface area contributed by atoms with Gasteiger partial charge in [0.2, 0.25) is 0 Å². The molecule has 0 aromatic heterocycles. The van der Waals surface area contributed by atoms with Gasteiger partial charge in [0, 0.05) is 5.33 Å². The molecule has 0 amide bonds. The van der Waals surface area contributed by atoms with E-state index in [4.69, 9.17) is 4.74 Å². The minimum atomic E-state index is 0.888. The molecule has 64 valence electrons. The average molecular weight is 227 g/mol. The zero-order valence-corrected chi connectivity index (χ0v) is 8.54. The zero-order valence-electron chi connectivity index (χ0n) is 6.96. The number of alkyl halides is 1. The van der Waals surface area contributed by atoms with E-state index in [-0.39, 0.29) is 0 Å². The molecule has 0 bridgehead atoms. The zero-order chi connectivity index (χ0) is 8.81. The lowest BCUT2D eigenvalue weighted by Crippen LogP contribution is -1.81. The SMILES string of the molecule is COc1ccc(/C=C/CBr)cc1. The summed E-state index contributed by atoms with van der Waals surface area (Å²) in [4.78, 5) is 0. The maximum absolute atomic E-state index is 5.04. The smallest absolute Gasteiger partial charge is 0.118 e. The van der Waals surface area contributed by atoms with Gasteiger partial charge in [-0.2, -0.15) is 0 Å². The fourth-order valence-corrected chi connectivity index (χ4v) is 1.08. The third-order valence-electron chi connectivity index (χ3n) is 1.52. The first-order valence-corrected chi connectivity index (χ1v) is 4.85. The van der Waals surface area contributed by atoms with E-state index < -0.39 is 0 Å².